The van der Waals surface area contributed by atoms with Gasteiger partial charge in [-0.25, -0.2) is 15.0 Å². The van der Waals surface area contributed by atoms with Gasteiger partial charge in [0.2, 0.25) is 0 Å². The van der Waals surface area contributed by atoms with Crippen molar-refractivity contribution >= 4 is 11.5 Å². The second-order valence-electron chi connectivity index (χ2n) is 6.71. The molecule has 0 aliphatic heterocycles. The zero-order chi connectivity index (χ0) is 18.3. The molecule has 0 radical (unpaired) electrons. The van der Waals surface area contributed by atoms with Crippen molar-refractivity contribution in [1.82, 2.24) is 19.4 Å². The topological polar surface area (TPSA) is 46.3 Å². The van der Waals surface area contributed by atoms with E-state index in [1.54, 1.807) is 0 Å². The summed E-state index contributed by atoms with van der Waals surface area (Å²) in [4.78, 5) is 15.7. The summed E-state index contributed by atoms with van der Waals surface area (Å²) in [5.41, 5.74) is 6.33. The predicted molar refractivity (Wildman–Crippen MR) is 105 cm³/mol. The number of rotatable bonds is 3. The van der Waals surface area contributed by atoms with Crippen LogP contribution in [0.15, 0.2) is 54.9 Å². The van der Waals surface area contributed by atoms with Crippen LogP contribution in [-0.2, 0) is 0 Å². The maximum Gasteiger partial charge on any atom is 0.137 e. The van der Waals surface area contributed by atoms with E-state index in [4.69, 9.17) is 0 Å². The Morgan fingerprint density at radius 1 is 0.923 bits per heavy atom. The lowest BCUT2D eigenvalue weighted by atomic mass is 10.1. The third-order valence-corrected chi connectivity index (χ3v) is 4.41. The lowest BCUT2D eigenvalue weighted by Crippen LogP contribution is -2.12. The van der Waals surface area contributed by atoms with E-state index in [2.05, 4.69) is 68.9 Å². The molecule has 4 rings (SSSR count). The largest absolute Gasteiger partial charge is 0.363 e. The van der Waals surface area contributed by atoms with Crippen molar-refractivity contribution in [1.29, 1.82) is 0 Å². The van der Waals surface area contributed by atoms with Gasteiger partial charge in [-0.3, -0.25) is 4.40 Å². The van der Waals surface area contributed by atoms with E-state index in [1.165, 1.54) is 5.56 Å². The molecule has 0 bridgehead atoms. The van der Waals surface area contributed by atoms with Gasteiger partial charge in [0, 0.05) is 37.5 Å². The SMILES string of the molecule is Cc1cccc(-c2cnc3cc(-c4cc(N(C)C)nc(C)n4)ccn23)c1. The van der Waals surface area contributed by atoms with Crippen LogP contribution in [-0.4, -0.2) is 33.4 Å². The van der Waals surface area contributed by atoms with Gasteiger partial charge >= 0.3 is 0 Å². The fraction of sp³-hybridized carbons (Fsp3) is 0.190. The smallest absolute Gasteiger partial charge is 0.137 e. The Balaban J connectivity index is 1.81. The van der Waals surface area contributed by atoms with Gasteiger partial charge in [-0.1, -0.05) is 23.8 Å². The molecule has 0 atom stereocenters. The Labute approximate surface area is 153 Å². The Morgan fingerprint density at radius 2 is 1.77 bits per heavy atom. The van der Waals surface area contributed by atoms with Crippen molar-refractivity contribution in [3.63, 3.8) is 0 Å². The van der Waals surface area contributed by atoms with Crippen LogP contribution < -0.4 is 4.90 Å². The van der Waals surface area contributed by atoms with E-state index in [0.717, 1.165) is 39.8 Å². The molecule has 0 saturated carbocycles. The molecule has 5 nitrogen and oxygen atoms in total. The normalized spacial score (nSPS) is 11.1. The Hall–Kier alpha value is -3.21. The fourth-order valence-electron chi connectivity index (χ4n) is 3.09. The molecule has 0 unspecified atom stereocenters. The van der Waals surface area contributed by atoms with Crippen LogP contribution in [0.25, 0.3) is 28.2 Å². The Bertz CT molecular complexity index is 1090. The highest BCUT2D eigenvalue weighted by Crippen LogP contribution is 2.26. The zero-order valence-electron chi connectivity index (χ0n) is 15.4. The molecule has 5 heteroatoms. The number of hydrogen-bond donors (Lipinski definition) is 0. The van der Waals surface area contributed by atoms with Crippen LogP contribution in [0, 0.1) is 13.8 Å². The van der Waals surface area contributed by atoms with Gasteiger partial charge in [-0.2, -0.15) is 0 Å². The first-order valence-corrected chi connectivity index (χ1v) is 8.59. The molecule has 0 saturated heterocycles. The summed E-state index contributed by atoms with van der Waals surface area (Å²) >= 11 is 0. The van der Waals surface area contributed by atoms with Crippen molar-refractivity contribution in [2.45, 2.75) is 13.8 Å². The van der Waals surface area contributed by atoms with E-state index in [9.17, 15) is 0 Å². The molecule has 0 amide bonds. The summed E-state index contributed by atoms with van der Waals surface area (Å²) in [6.45, 7) is 4.02. The standard InChI is InChI=1S/C21H21N5/c1-14-6-5-7-17(10-14)19-13-22-20-11-16(8-9-26(19)20)18-12-21(25(3)4)24-15(2)23-18/h5-13H,1-4H3. The summed E-state index contributed by atoms with van der Waals surface area (Å²) in [6.07, 6.45) is 3.98. The summed E-state index contributed by atoms with van der Waals surface area (Å²) in [6, 6.07) is 14.6. The lowest BCUT2D eigenvalue weighted by Gasteiger charge is -2.13. The molecule has 0 aliphatic rings. The number of anilines is 1. The van der Waals surface area contributed by atoms with E-state index >= 15 is 0 Å². The summed E-state index contributed by atoms with van der Waals surface area (Å²) < 4.78 is 2.11. The molecule has 130 valence electrons. The van der Waals surface area contributed by atoms with Crippen LogP contribution in [0.2, 0.25) is 0 Å². The van der Waals surface area contributed by atoms with Crippen LogP contribution in [0.5, 0.6) is 0 Å². The first kappa shape index (κ1) is 16.3. The third kappa shape index (κ3) is 2.92. The van der Waals surface area contributed by atoms with Gasteiger partial charge < -0.3 is 4.90 Å². The number of hydrogen-bond acceptors (Lipinski definition) is 4. The fourth-order valence-corrected chi connectivity index (χ4v) is 3.09. The minimum Gasteiger partial charge on any atom is -0.363 e. The molecular formula is C21H21N5. The van der Waals surface area contributed by atoms with Gasteiger partial charge in [-0.05, 0) is 32.0 Å². The van der Waals surface area contributed by atoms with Gasteiger partial charge in [-0.15, -0.1) is 0 Å². The quantitative estimate of drug-likeness (QED) is 0.561. The lowest BCUT2D eigenvalue weighted by molar-refractivity contribution is 0.991. The number of fused-ring (bicyclic) bond motifs is 1. The molecule has 3 heterocycles. The molecule has 0 spiro atoms. The average Bonchev–Trinajstić information content (AvgIpc) is 3.04. The second-order valence-corrected chi connectivity index (χ2v) is 6.71. The van der Waals surface area contributed by atoms with E-state index in [1.807, 2.05) is 38.2 Å². The first-order valence-electron chi connectivity index (χ1n) is 8.59. The van der Waals surface area contributed by atoms with Crippen LogP contribution in [0.1, 0.15) is 11.4 Å². The van der Waals surface area contributed by atoms with Crippen LogP contribution in [0.4, 0.5) is 5.82 Å². The maximum atomic E-state index is 4.60. The number of nitrogens with zero attached hydrogens (tertiary/aromatic N) is 5. The summed E-state index contributed by atoms with van der Waals surface area (Å²) in [5.74, 6) is 1.66. The first-order chi connectivity index (χ1) is 12.5. The molecule has 0 N–H and O–H groups in total. The molecule has 0 fully saturated rings. The average molecular weight is 343 g/mol. The molecule has 3 aromatic heterocycles. The van der Waals surface area contributed by atoms with Crippen molar-refractivity contribution in [2.75, 3.05) is 19.0 Å². The molecule has 0 aliphatic carbocycles. The van der Waals surface area contributed by atoms with E-state index < -0.39 is 0 Å². The minimum atomic E-state index is 0.759. The molecule has 4 aromatic rings. The number of imidazole rings is 1. The number of benzene rings is 1. The van der Waals surface area contributed by atoms with E-state index in [-0.39, 0.29) is 0 Å². The highest BCUT2D eigenvalue weighted by Gasteiger charge is 2.10. The third-order valence-electron chi connectivity index (χ3n) is 4.41. The predicted octanol–water partition coefficient (Wildman–Crippen LogP) is 4.14. The van der Waals surface area contributed by atoms with Crippen LogP contribution >= 0.6 is 0 Å². The van der Waals surface area contributed by atoms with Crippen LogP contribution in [0.3, 0.4) is 0 Å². The Morgan fingerprint density at radius 3 is 2.54 bits per heavy atom. The Kier molecular flexibility index (Phi) is 3.92. The zero-order valence-corrected chi connectivity index (χ0v) is 15.4. The minimum absolute atomic E-state index is 0.759. The second kappa shape index (κ2) is 6.26. The maximum absolute atomic E-state index is 4.60. The monoisotopic (exact) mass is 343 g/mol. The number of aromatic nitrogens is 4. The van der Waals surface area contributed by atoms with E-state index in [0.29, 0.717) is 0 Å². The van der Waals surface area contributed by atoms with Gasteiger partial charge in [0.25, 0.3) is 0 Å². The van der Waals surface area contributed by atoms with Crippen molar-refractivity contribution < 1.29 is 0 Å². The van der Waals surface area contributed by atoms with Crippen molar-refractivity contribution in [2.24, 2.45) is 0 Å². The number of aryl methyl sites for hydroxylation is 2. The molecule has 1 aromatic carbocycles. The van der Waals surface area contributed by atoms with Crippen molar-refractivity contribution in [3.05, 3.63) is 66.2 Å². The van der Waals surface area contributed by atoms with Gasteiger partial charge in [0.1, 0.15) is 17.3 Å². The number of pyridine rings is 1. The van der Waals surface area contributed by atoms with Gasteiger partial charge in [0.05, 0.1) is 17.6 Å². The van der Waals surface area contributed by atoms with Gasteiger partial charge in [0.15, 0.2) is 0 Å². The molecular weight excluding hydrogens is 322 g/mol. The highest BCUT2D eigenvalue weighted by atomic mass is 15.1. The highest BCUT2D eigenvalue weighted by molar-refractivity contribution is 5.70. The molecule has 26 heavy (non-hydrogen) atoms. The summed E-state index contributed by atoms with van der Waals surface area (Å²) in [5, 5.41) is 0. The summed E-state index contributed by atoms with van der Waals surface area (Å²) in [7, 11) is 3.97. The van der Waals surface area contributed by atoms with Crippen molar-refractivity contribution in [3.8, 4) is 22.5 Å².